The van der Waals surface area contributed by atoms with Gasteiger partial charge in [-0.25, -0.2) is 10.0 Å². The van der Waals surface area contributed by atoms with Crippen LogP contribution in [0.3, 0.4) is 0 Å². The number of rotatable bonds is 6. The van der Waals surface area contributed by atoms with Crippen LogP contribution in [0.1, 0.15) is 29.8 Å². The summed E-state index contributed by atoms with van der Waals surface area (Å²) in [6.45, 7) is 2.57. The van der Waals surface area contributed by atoms with Gasteiger partial charge < -0.3 is 4.74 Å². The molecule has 3 heterocycles. The Morgan fingerprint density at radius 3 is 2.70 bits per heavy atom. The molecule has 1 atom stereocenters. The van der Waals surface area contributed by atoms with Gasteiger partial charge in [-0.05, 0) is 35.2 Å². The molecule has 8 heteroatoms. The largest absolute Gasteiger partial charge is 0.469 e. The minimum Gasteiger partial charge on any atom is -0.469 e. The van der Waals surface area contributed by atoms with Crippen LogP contribution < -0.4 is 0 Å². The van der Waals surface area contributed by atoms with Crippen molar-refractivity contribution in [1.29, 1.82) is 0 Å². The minimum atomic E-state index is -0.680. The maximum atomic E-state index is 13.0. The minimum absolute atomic E-state index is 0.122. The summed E-state index contributed by atoms with van der Waals surface area (Å²) in [6.07, 6.45) is 3.25. The van der Waals surface area contributed by atoms with Crippen molar-refractivity contribution < 1.29 is 19.2 Å². The zero-order valence-electron chi connectivity index (χ0n) is 18.6. The number of carbonyl (C=O) groups is 2. The van der Waals surface area contributed by atoms with Crippen molar-refractivity contribution >= 4 is 34.0 Å². The van der Waals surface area contributed by atoms with Gasteiger partial charge in [-0.1, -0.05) is 36.4 Å². The predicted octanol–water partition coefficient (Wildman–Crippen LogP) is 3.78. The van der Waals surface area contributed by atoms with Crippen molar-refractivity contribution in [1.82, 2.24) is 14.9 Å². The monoisotopic (exact) mass is 465 g/mol. The number of aromatic nitrogens is 1. The molecule has 2 aliphatic rings. The molecule has 0 saturated carbocycles. The van der Waals surface area contributed by atoms with Crippen LogP contribution in [0, 0.1) is 5.92 Å². The Morgan fingerprint density at radius 1 is 1.18 bits per heavy atom. The second-order valence-corrected chi connectivity index (χ2v) is 9.71. The number of likely N-dealkylation sites (tertiary alicyclic amines) is 1. The van der Waals surface area contributed by atoms with Crippen LogP contribution in [-0.4, -0.2) is 52.6 Å². The topological polar surface area (TPSA) is 72.0 Å². The first-order valence-electron chi connectivity index (χ1n) is 11.2. The fourth-order valence-corrected chi connectivity index (χ4v) is 5.78. The number of hydrogen-bond acceptors (Lipinski definition) is 7. The van der Waals surface area contributed by atoms with E-state index in [-0.39, 0.29) is 24.9 Å². The summed E-state index contributed by atoms with van der Waals surface area (Å²) in [7, 11) is 1.39. The summed E-state index contributed by atoms with van der Waals surface area (Å²) in [6, 6.07) is 14.3. The first-order valence-corrected chi connectivity index (χ1v) is 12.1. The van der Waals surface area contributed by atoms with E-state index in [1.165, 1.54) is 12.2 Å². The number of esters is 1. The van der Waals surface area contributed by atoms with Gasteiger partial charge in [0.2, 0.25) is 5.91 Å². The SMILES string of the molecule is COC(=O)C1CC(=O)N(OCc2ccc3ccccc3c2)C12CCN(Cc1nccs1)CC2. The maximum absolute atomic E-state index is 13.0. The van der Waals surface area contributed by atoms with Crippen molar-refractivity contribution in [3.8, 4) is 0 Å². The number of methoxy groups -OCH3 is 1. The Bertz CT molecular complexity index is 1140. The Morgan fingerprint density at radius 2 is 1.97 bits per heavy atom. The first-order chi connectivity index (χ1) is 16.1. The number of nitrogens with zero attached hydrogens (tertiary/aromatic N) is 3. The highest BCUT2D eigenvalue weighted by atomic mass is 32.1. The molecule has 2 fully saturated rings. The molecule has 1 unspecified atom stereocenters. The van der Waals surface area contributed by atoms with Gasteiger partial charge in [0.05, 0.1) is 25.1 Å². The van der Waals surface area contributed by atoms with E-state index >= 15 is 0 Å². The number of hydrogen-bond donors (Lipinski definition) is 0. The molecule has 7 nitrogen and oxygen atoms in total. The number of amides is 1. The highest BCUT2D eigenvalue weighted by Gasteiger charge is 2.58. The summed E-state index contributed by atoms with van der Waals surface area (Å²) >= 11 is 1.64. The third kappa shape index (κ3) is 4.26. The van der Waals surface area contributed by atoms with Crippen molar-refractivity contribution in [2.75, 3.05) is 20.2 Å². The van der Waals surface area contributed by atoms with Gasteiger partial charge in [0.15, 0.2) is 0 Å². The molecule has 1 aromatic heterocycles. The number of fused-ring (bicyclic) bond motifs is 1. The lowest BCUT2D eigenvalue weighted by molar-refractivity contribution is -0.229. The smallest absolute Gasteiger partial charge is 0.311 e. The molecular formula is C25H27N3O4S. The summed E-state index contributed by atoms with van der Waals surface area (Å²) in [4.78, 5) is 38.5. The van der Waals surface area contributed by atoms with Gasteiger partial charge in [-0.2, -0.15) is 0 Å². The molecule has 0 bridgehead atoms. The zero-order valence-corrected chi connectivity index (χ0v) is 19.4. The summed E-state index contributed by atoms with van der Waals surface area (Å²) in [5, 5.41) is 6.84. The molecule has 2 aromatic carbocycles. The molecule has 0 radical (unpaired) electrons. The van der Waals surface area contributed by atoms with E-state index in [1.807, 2.05) is 29.8 Å². The van der Waals surface area contributed by atoms with Crippen molar-refractivity contribution in [2.24, 2.45) is 5.92 Å². The first kappa shape index (κ1) is 22.0. The summed E-state index contributed by atoms with van der Waals surface area (Å²) in [5.74, 6) is -1.01. The van der Waals surface area contributed by atoms with Gasteiger partial charge in [-0.3, -0.25) is 19.3 Å². The predicted molar refractivity (Wildman–Crippen MR) is 125 cm³/mol. The Kier molecular flexibility index (Phi) is 6.14. The number of piperidine rings is 1. The van der Waals surface area contributed by atoms with E-state index in [1.54, 1.807) is 11.3 Å². The molecule has 0 N–H and O–H groups in total. The molecule has 3 aromatic rings. The number of hydroxylamine groups is 2. The van der Waals surface area contributed by atoms with E-state index in [4.69, 9.17) is 9.57 Å². The van der Waals surface area contributed by atoms with Gasteiger partial charge >= 0.3 is 5.97 Å². The Balaban J connectivity index is 1.34. The van der Waals surface area contributed by atoms with Crippen LogP contribution in [0.4, 0.5) is 0 Å². The fourth-order valence-electron chi connectivity index (χ4n) is 5.12. The quantitative estimate of drug-likeness (QED) is 0.516. The standard InChI is InChI=1S/C25H27N3O4S/c1-31-24(30)21-15-23(29)28(32-17-18-6-7-19-4-2-3-5-20(19)14-18)25(21)8-11-27(12-9-25)16-22-26-10-13-33-22/h2-7,10,13-14,21H,8-9,11-12,15-17H2,1H3. The maximum Gasteiger partial charge on any atom is 0.311 e. The van der Waals surface area contributed by atoms with Gasteiger partial charge in [0.25, 0.3) is 0 Å². The van der Waals surface area contributed by atoms with Crippen molar-refractivity contribution in [3.05, 3.63) is 64.6 Å². The zero-order chi connectivity index (χ0) is 22.8. The van der Waals surface area contributed by atoms with Crippen molar-refractivity contribution in [3.63, 3.8) is 0 Å². The van der Waals surface area contributed by atoms with Crippen LogP contribution in [0.25, 0.3) is 10.8 Å². The molecule has 172 valence electrons. The average molecular weight is 466 g/mol. The number of ether oxygens (including phenoxy) is 1. The second kappa shape index (κ2) is 9.21. The van der Waals surface area contributed by atoms with E-state index in [9.17, 15) is 9.59 Å². The molecule has 2 saturated heterocycles. The Hall–Kier alpha value is -2.81. The van der Waals surface area contributed by atoms with Gasteiger partial charge in [0.1, 0.15) is 11.6 Å². The highest BCUT2D eigenvalue weighted by molar-refractivity contribution is 7.09. The van der Waals surface area contributed by atoms with E-state index < -0.39 is 11.5 Å². The average Bonchev–Trinajstić information content (AvgIpc) is 3.45. The third-order valence-electron chi connectivity index (χ3n) is 6.88. The molecular weight excluding hydrogens is 438 g/mol. The van der Waals surface area contributed by atoms with Crippen LogP contribution in [-0.2, 0) is 32.3 Å². The van der Waals surface area contributed by atoms with E-state index in [0.29, 0.717) is 12.8 Å². The lowest BCUT2D eigenvalue weighted by Crippen LogP contribution is -2.57. The Labute approximate surface area is 196 Å². The fraction of sp³-hybridized carbons (Fsp3) is 0.400. The van der Waals surface area contributed by atoms with Crippen LogP contribution in [0.2, 0.25) is 0 Å². The number of carbonyl (C=O) groups excluding carboxylic acids is 2. The molecule has 2 aliphatic heterocycles. The number of benzene rings is 2. The summed E-state index contributed by atoms with van der Waals surface area (Å²) in [5.41, 5.74) is 0.305. The van der Waals surface area contributed by atoms with E-state index in [0.717, 1.165) is 41.0 Å². The molecule has 5 rings (SSSR count). The molecule has 33 heavy (non-hydrogen) atoms. The van der Waals surface area contributed by atoms with Crippen LogP contribution in [0.15, 0.2) is 54.0 Å². The van der Waals surface area contributed by atoms with Crippen LogP contribution >= 0.6 is 11.3 Å². The lowest BCUT2D eigenvalue weighted by Gasteiger charge is -2.45. The molecule has 1 spiro atoms. The summed E-state index contributed by atoms with van der Waals surface area (Å²) < 4.78 is 5.09. The normalized spacial score (nSPS) is 20.6. The van der Waals surface area contributed by atoms with Gasteiger partial charge in [0, 0.05) is 31.1 Å². The molecule has 1 amide bonds. The number of thiazole rings is 1. The second-order valence-electron chi connectivity index (χ2n) is 8.73. The van der Waals surface area contributed by atoms with Crippen molar-refractivity contribution in [2.45, 2.75) is 38.0 Å². The van der Waals surface area contributed by atoms with Gasteiger partial charge in [-0.15, -0.1) is 11.3 Å². The van der Waals surface area contributed by atoms with Crippen LogP contribution in [0.5, 0.6) is 0 Å². The lowest BCUT2D eigenvalue weighted by atomic mass is 9.77. The molecule has 0 aliphatic carbocycles. The highest BCUT2D eigenvalue weighted by Crippen LogP contribution is 2.45. The van der Waals surface area contributed by atoms with E-state index in [2.05, 4.69) is 34.1 Å². The third-order valence-corrected chi connectivity index (χ3v) is 7.65.